The lowest BCUT2D eigenvalue weighted by Gasteiger charge is -2.28. The SMILES string of the molecule is C#CCN(Cc1ccc(C)cc1)C(=O)NC1CCCc2c1cnn2Cc1ccccc1. The Morgan fingerprint density at radius 1 is 1.19 bits per heavy atom. The topological polar surface area (TPSA) is 50.2 Å². The Hall–Kier alpha value is -3.52. The summed E-state index contributed by atoms with van der Waals surface area (Å²) >= 11 is 0. The molecule has 0 radical (unpaired) electrons. The lowest BCUT2D eigenvalue weighted by molar-refractivity contribution is 0.196. The predicted octanol–water partition coefficient (Wildman–Crippen LogP) is 4.46. The molecule has 2 aromatic carbocycles. The van der Waals surface area contributed by atoms with Crippen LogP contribution in [0.25, 0.3) is 0 Å². The van der Waals surface area contributed by atoms with E-state index in [1.54, 1.807) is 4.90 Å². The molecule has 0 aliphatic heterocycles. The third-order valence-electron chi connectivity index (χ3n) is 5.80. The maximum Gasteiger partial charge on any atom is 0.318 e. The molecule has 4 rings (SSSR count). The molecule has 1 aliphatic rings. The summed E-state index contributed by atoms with van der Waals surface area (Å²) in [5.74, 6) is 2.62. The first-order chi connectivity index (χ1) is 15.1. The highest BCUT2D eigenvalue weighted by molar-refractivity contribution is 5.75. The van der Waals surface area contributed by atoms with Crippen molar-refractivity contribution >= 4 is 6.03 Å². The summed E-state index contributed by atoms with van der Waals surface area (Å²) in [4.78, 5) is 14.8. The number of rotatable bonds is 6. The third-order valence-corrected chi connectivity index (χ3v) is 5.80. The molecule has 5 heteroatoms. The fourth-order valence-corrected chi connectivity index (χ4v) is 4.13. The second-order valence-corrected chi connectivity index (χ2v) is 8.13. The van der Waals surface area contributed by atoms with E-state index in [-0.39, 0.29) is 18.6 Å². The highest BCUT2D eigenvalue weighted by Gasteiger charge is 2.27. The predicted molar refractivity (Wildman–Crippen MR) is 122 cm³/mol. The molecule has 0 saturated carbocycles. The van der Waals surface area contributed by atoms with E-state index in [0.29, 0.717) is 6.54 Å². The average molecular weight is 413 g/mol. The summed E-state index contributed by atoms with van der Waals surface area (Å²) in [5, 5.41) is 7.83. The van der Waals surface area contributed by atoms with Crippen LogP contribution in [-0.2, 0) is 19.5 Å². The molecular formula is C26H28N4O. The van der Waals surface area contributed by atoms with Crippen LogP contribution in [0.4, 0.5) is 4.79 Å². The van der Waals surface area contributed by atoms with E-state index in [1.807, 2.05) is 43.5 Å². The lowest BCUT2D eigenvalue weighted by atomic mass is 9.93. The number of fused-ring (bicyclic) bond motifs is 1. The Balaban J connectivity index is 1.47. The number of urea groups is 1. The first-order valence-corrected chi connectivity index (χ1v) is 10.8. The van der Waals surface area contributed by atoms with E-state index in [4.69, 9.17) is 6.42 Å². The molecule has 0 spiro atoms. The van der Waals surface area contributed by atoms with Gasteiger partial charge in [0.15, 0.2) is 0 Å². The van der Waals surface area contributed by atoms with Gasteiger partial charge in [-0.05, 0) is 37.3 Å². The van der Waals surface area contributed by atoms with Crippen molar-refractivity contribution in [3.63, 3.8) is 0 Å². The summed E-state index contributed by atoms with van der Waals surface area (Å²) in [6.45, 7) is 3.55. The van der Waals surface area contributed by atoms with Crippen molar-refractivity contribution in [3.05, 3.63) is 88.7 Å². The Morgan fingerprint density at radius 3 is 2.71 bits per heavy atom. The van der Waals surface area contributed by atoms with Crippen LogP contribution in [0.5, 0.6) is 0 Å². The summed E-state index contributed by atoms with van der Waals surface area (Å²) in [6.07, 6.45) is 10.4. The van der Waals surface area contributed by atoms with Crippen LogP contribution >= 0.6 is 0 Å². The van der Waals surface area contributed by atoms with Gasteiger partial charge in [-0.15, -0.1) is 6.42 Å². The minimum Gasteiger partial charge on any atom is -0.331 e. The molecule has 1 aromatic heterocycles. The molecule has 1 heterocycles. The Kier molecular flexibility index (Phi) is 6.37. The Labute approximate surface area is 184 Å². The number of amides is 2. The van der Waals surface area contributed by atoms with Gasteiger partial charge in [-0.2, -0.15) is 5.10 Å². The van der Waals surface area contributed by atoms with Crippen molar-refractivity contribution < 1.29 is 4.79 Å². The van der Waals surface area contributed by atoms with Gasteiger partial charge in [-0.3, -0.25) is 4.68 Å². The van der Waals surface area contributed by atoms with E-state index in [2.05, 4.69) is 45.3 Å². The number of carbonyl (C=O) groups excluding carboxylic acids is 1. The fourth-order valence-electron chi connectivity index (χ4n) is 4.13. The zero-order valence-electron chi connectivity index (χ0n) is 17.9. The number of carbonyl (C=O) groups is 1. The molecule has 0 saturated heterocycles. The first-order valence-electron chi connectivity index (χ1n) is 10.8. The van der Waals surface area contributed by atoms with E-state index in [9.17, 15) is 4.79 Å². The van der Waals surface area contributed by atoms with Gasteiger partial charge in [0.2, 0.25) is 0 Å². The number of aryl methyl sites for hydroxylation is 1. The van der Waals surface area contributed by atoms with Crippen LogP contribution in [0.15, 0.2) is 60.8 Å². The van der Waals surface area contributed by atoms with Crippen molar-refractivity contribution in [3.8, 4) is 12.3 Å². The normalized spacial score (nSPS) is 15.0. The Bertz CT molecular complexity index is 1060. The molecule has 0 bridgehead atoms. The molecule has 5 nitrogen and oxygen atoms in total. The first kappa shape index (κ1) is 20.7. The van der Waals surface area contributed by atoms with Crippen molar-refractivity contribution in [1.82, 2.24) is 20.0 Å². The number of hydrogen-bond acceptors (Lipinski definition) is 2. The largest absolute Gasteiger partial charge is 0.331 e. The van der Waals surface area contributed by atoms with Crippen molar-refractivity contribution in [2.75, 3.05) is 6.54 Å². The van der Waals surface area contributed by atoms with Gasteiger partial charge in [0.1, 0.15) is 0 Å². The highest BCUT2D eigenvalue weighted by atomic mass is 16.2. The van der Waals surface area contributed by atoms with Crippen molar-refractivity contribution in [2.24, 2.45) is 0 Å². The molecule has 1 aliphatic carbocycles. The molecule has 1 atom stereocenters. The summed E-state index contributed by atoms with van der Waals surface area (Å²) < 4.78 is 2.06. The molecule has 31 heavy (non-hydrogen) atoms. The van der Waals surface area contributed by atoms with Gasteiger partial charge in [-0.1, -0.05) is 66.1 Å². The lowest BCUT2D eigenvalue weighted by Crippen LogP contribution is -2.42. The molecule has 1 N–H and O–H groups in total. The zero-order valence-corrected chi connectivity index (χ0v) is 17.9. The third kappa shape index (κ3) is 4.97. The summed E-state index contributed by atoms with van der Waals surface area (Å²) in [6, 6.07) is 18.3. The molecule has 2 amide bonds. The minimum absolute atomic E-state index is 0.0425. The number of nitrogens with zero attached hydrogens (tertiary/aromatic N) is 3. The van der Waals surface area contributed by atoms with Gasteiger partial charge in [-0.25, -0.2) is 4.79 Å². The maximum absolute atomic E-state index is 13.1. The van der Waals surface area contributed by atoms with Crippen LogP contribution < -0.4 is 5.32 Å². The van der Waals surface area contributed by atoms with Gasteiger partial charge >= 0.3 is 6.03 Å². The highest BCUT2D eigenvalue weighted by Crippen LogP contribution is 2.30. The van der Waals surface area contributed by atoms with Crippen LogP contribution in [0.3, 0.4) is 0 Å². The molecule has 3 aromatic rings. The molecule has 0 fully saturated rings. The zero-order chi connectivity index (χ0) is 21.6. The number of nitrogens with one attached hydrogen (secondary N) is 1. The molecule has 158 valence electrons. The minimum atomic E-state index is -0.132. The van der Waals surface area contributed by atoms with Gasteiger partial charge in [0.05, 0.1) is 25.3 Å². The number of terminal acetylenes is 1. The Morgan fingerprint density at radius 2 is 1.97 bits per heavy atom. The van der Waals surface area contributed by atoms with E-state index >= 15 is 0 Å². The number of hydrogen-bond donors (Lipinski definition) is 1. The second-order valence-electron chi connectivity index (χ2n) is 8.13. The quantitative estimate of drug-likeness (QED) is 0.608. The van der Waals surface area contributed by atoms with Crippen LogP contribution in [0, 0.1) is 19.3 Å². The monoisotopic (exact) mass is 412 g/mol. The standard InChI is InChI=1S/C26H28N4O/c1-3-16-29(18-22-14-12-20(2)13-15-22)26(31)28-24-10-7-11-25-23(24)17-27-30(25)19-21-8-5-4-6-9-21/h1,4-6,8-9,12-15,17,24H,7,10-11,16,18-19H2,2H3,(H,28,31). The van der Waals surface area contributed by atoms with Crippen LogP contribution in [-0.4, -0.2) is 27.3 Å². The fraction of sp³-hybridized carbons (Fsp3) is 0.308. The number of benzene rings is 2. The van der Waals surface area contributed by atoms with Crippen LogP contribution in [0.2, 0.25) is 0 Å². The van der Waals surface area contributed by atoms with Crippen LogP contribution in [0.1, 0.15) is 46.8 Å². The summed E-state index contributed by atoms with van der Waals surface area (Å²) in [7, 11) is 0. The van der Waals surface area contributed by atoms with Gasteiger partial charge < -0.3 is 10.2 Å². The maximum atomic E-state index is 13.1. The average Bonchev–Trinajstić information content (AvgIpc) is 3.19. The second kappa shape index (κ2) is 9.53. The van der Waals surface area contributed by atoms with Gasteiger partial charge in [0, 0.05) is 17.8 Å². The summed E-state index contributed by atoms with van der Waals surface area (Å²) in [5.41, 5.74) is 5.81. The van der Waals surface area contributed by atoms with Crippen molar-refractivity contribution in [2.45, 2.75) is 45.3 Å². The molecule has 1 unspecified atom stereocenters. The number of aromatic nitrogens is 2. The van der Waals surface area contributed by atoms with Crippen molar-refractivity contribution in [1.29, 1.82) is 0 Å². The smallest absolute Gasteiger partial charge is 0.318 e. The van der Waals surface area contributed by atoms with E-state index in [1.165, 1.54) is 16.8 Å². The van der Waals surface area contributed by atoms with E-state index in [0.717, 1.165) is 36.9 Å². The molecular weight excluding hydrogens is 384 g/mol. The van der Waals surface area contributed by atoms with Gasteiger partial charge in [0.25, 0.3) is 0 Å². The van der Waals surface area contributed by atoms with E-state index < -0.39 is 0 Å².